The molecule has 0 amide bonds. The van der Waals surface area contributed by atoms with Crippen LogP contribution in [0.15, 0.2) is 24.3 Å². The molecule has 90 valence electrons. The molecule has 0 fully saturated rings. The number of phenols is 1. The van der Waals surface area contributed by atoms with Gasteiger partial charge in [-0.1, -0.05) is 51.7 Å². The van der Waals surface area contributed by atoms with Crippen LogP contribution in [-0.4, -0.2) is 5.11 Å². The van der Waals surface area contributed by atoms with Crippen LogP contribution in [0.3, 0.4) is 0 Å². The molecule has 0 unspecified atom stereocenters. The van der Waals surface area contributed by atoms with E-state index < -0.39 is 0 Å². The van der Waals surface area contributed by atoms with Crippen molar-refractivity contribution in [3.05, 3.63) is 29.8 Å². The molecule has 0 heterocycles. The smallest absolute Gasteiger partial charge is 0.115 e. The second kappa shape index (κ2) is 7.32. The minimum atomic E-state index is 0.386. The monoisotopic (exact) mass is 220 g/mol. The van der Waals surface area contributed by atoms with E-state index in [-0.39, 0.29) is 0 Å². The van der Waals surface area contributed by atoms with Gasteiger partial charge in [0.25, 0.3) is 0 Å². The molecule has 0 aliphatic rings. The summed E-state index contributed by atoms with van der Waals surface area (Å²) in [4.78, 5) is 0. The molecule has 1 aromatic carbocycles. The number of phenolic OH excluding ortho intramolecular Hbond substituents is 1. The predicted molar refractivity (Wildman–Crippen MR) is 69.7 cm³/mol. The molecule has 1 heteroatoms. The second-order valence-electron chi connectivity index (χ2n) is 5.02. The number of hydrogen-bond donors (Lipinski definition) is 1. The van der Waals surface area contributed by atoms with Gasteiger partial charge < -0.3 is 5.11 Å². The number of aryl methyl sites for hydroxylation is 1. The van der Waals surface area contributed by atoms with Crippen LogP contribution in [0.1, 0.15) is 51.5 Å². The first kappa shape index (κ1) is 13.1. The zero-order valence-corrected chi connectivity index (χ0v) is 10.6. The molecule has 0 aliphatic carbocycles. The topological polar surface area (TPSA) is 20.2 Å². The molecule has 1 nitrogen and oxygen atoms in total. The van der Waals surface area contributed by atoms with Gasteiger partial charge in [-0.05, 0) is 36.5 Å². The zero-order chi connectivity index (χ0) is 11.8. The van der Waals surface area contributed by atoms with Crippen LogP contribution < -0.4 is 0 Å². The van der Waals surface area contributed by atoms with Gasteiger partial charge in [0.2, 0.25) is 0 Å². The molecule has 1 rings (SSSR count). The van der Waals surface area contributed by atoms with Crippen molar-refractivity contribution in [2.75, 3.05) is 0 Å². The highest BCUT2D eigenvalue weighted by atomic mass is 16.3. The Morgan fingerprint density at radius 2 is 1.81 bits per heavy atom. The van der Waals surface area contributed by atoms with Crippen LogP contribution in [0, 0.1) is 5.92 Å². The van der Waals surface area contributed by atoms with Crippen LogP contribution in [0.4, 0.5) is 0 Å². The van der Waals surface area contributed by atoms with E-state index in [1.165, 1.54) is 37.7 Å². The summed E-state index contributed by atoms with van der Waals surface area (Å²) in [5, 5.41) is 9.31. The van der Waals surface area contributed by atoms with E-state index in [1.807, 2.05) is 12.1 Å². The minimum Gasteiger partial charge on any atom is -0.508 e. The molecule has 0 spiro atoms. The predicted octanol–water partition coefficient (Wildman–Crippen LogP) is 4.54. The Morgan fingerprint density at radius 1 is 1.06 bits per heavy atom. The number of rotatable bonds is 7. The Kier molecular flexibility index (Phi) is 5.99. The summed E-state index contributed by atoms with van der Waals surface area (Å²) in [7, 11) is 0. The Morgan fingerprint density at radius 3 is 2.50 bits per heavy atom. The Balaban J connectivity index is 2.07. The standard InChI is InChI=1S/C15H24O/c1-13(2)8-5-3-4-6-9-14-10-7-11-15(16)12-14/h7,10-13,16H,3-6,8-9H2,1-2H3. The zero-order valence-electron chi connectivity index (χ0n) is 10.6. The molecule has 0 bridgehead atoms. The average Bonchev–Trinajstić information content (AvgIpc) is 2.23. The first-order valence-electron chi connectivity index (χ1n) is 6.46. The second-order valence-corrected chi connectivity index (χ2v) is 5.02. The highest BCUT2D eigenvalue weighted by molar-refractivity contribution is 5.27. The van der Waals surface area contributed by atoms with E-state index in [9.17, 15) is 5.11 Å². The van der Waals surface area contributed by atoms with Crippen molar-refractivity contribution in [3.63, 3.8) is 0 Å². The molecule has 0 saturated carbocycles. The Labute approximate surface area is 99.5 Å². The van der Waals surface area contributed by atoms with E-state index >= 15 is 0 Å². The molecular formula is C15H24O. The number of aromatic hydroxyl groups is 1. The first-order valence-corrected chi connectivity index (χ1v) is 6.46. The van der Waals surface area contributed by atoms with E-state index in [4.69, 9.17) is 0 Å². The lowest BCUT2D eigenvalue weighted by Gasteiger charge is -2.04. The molecular weight excluding hydrogens is 196 g/mol. The van der Waals surface area contributed by atoms with Gasteiger partial charge >= 0.3 is 0 Å². The molecule has 16 heavy (non-hydrogen) atoms. The first-order chi connectivity index (χ1) is 7.68. The number of benzene rings is 1. The molecule has 1 N–H and O–H groups in total. The Bertz CT molecular complexity index is 291. The molecule has 0 atom stereocenters. The quantitative estimate of drug-likeness (QED) is 0.669. The summed E-state index contributed by atoms with van der Waals surface area (Å²) in [5.41, 5.74) is 1.25. The molecule has 0 radical (unpaired) electrons. The van der Waals surface area contributed by atoms with Crippen molar-refractivity contribution < 1.29 is 5.11 Å². The van der Waals surface area contributed by atoms with Gasteiger partial charge in [-0.15, -0.1) is 0 Å². The third-order valence-electron chi connectivity index (χ3n) is 2.91. The van der Waals surface area contributed by atoms with Crippen molar-refractivity contribution in [1.29, 1.82) is 0 Å². The van der Waals surface area contributed by atoms with Crippen LogP contribution in [0.25, 0.3) is 0 Å². The van der Waals surface area contributed by atoms with Gasteiger partial charge in [0.1, 0.15) is 5.75 Å². The highest BCUT2D eigenvalue weighted by Gasteiger charge is 1.97. The Hall–Kier alpha value is -0.980. The largest absolute Gasteiger partial charge is 0.508 e. The summed E-state index contributed by atoms with van der Waals surface area (Å²) in [6, 6.07) is 7.61. The van der Waals surface area contributed by atoms with Crippen molar-refractivity contribution in [3.8, 4) is 5.75 Å². The van der Waals surface area contributed by atoms with Crippen molar-refractivity contribution in [2.45, 2.75) is 52.4 Å². The van der Waals surface area contributed by atoms with Crippen LogP contribution >= 0.6 is 0 Å². The minimum absolute atomic E-state index is 0.386. The number of unbranched alkanes of at least 4 members (excludes halogenated alkanes) is 3. The van der Waals surface area contributed by atoms with Crippen molar-refractivity contribution >= 4 is 0 Å². The van der Waals surface area contributed by atoms with E-state index in [1.54, 1.807) is 6.07 Å². The van der Waals surface area contributed by atoms with E-state index in [0.717, 1.165) is 12.3 Å². The molecule has 0 aliphatic heterocycles. The third-order valence-corrected chi connectivity index (χ3v) is 2.91. The molecule has 1 aromatic rings. The van der Waals surface area contributed by atoms with Crippen LogP contribution in [0.2, 0.25) is 0 Å². The fourth-order valence-electron chi connectivity index (χ4n) is 1.95. The fourth-order valence-corrected chi connectivity index (χ4v) is 1.95. The fraction of sp³-hybridized carbons (Fsp3) is 0.600. The van der Waals surface area contributed by atoms with Crippen molar-refractivity contribution in [2.24, 2.45) is 5.92 Å². The lowest BCUT2D eigenvalue weighted by atomic mass is 10.0. The SMILES string of the molecule is CC(C)CCCCCCc1cccc(O)c1. The molecule has 0 aromatic heterocycles. The lowest BCUT2D eigenvalue weighted by molar-refractivity contribution is 0.474. The summed E-state index contributed by atoms with van der Waals surface area (Å²) >= 11 is 0. The van der Waals surface area contributed by atoms with Gasteiger partial charge in [0, 0.05) is 0 Å². The van der Waals surface area contributed by atoms with Gasteiger partial charge in [-0.3, -0.25) is 0 Å². The summed E-state index contributed by atoms with van der Waals surface area (Å²) < 4.78 is 0. The van der Waals surface area contributed by atoms with Crippen LogP contribution in [-0.2, 0) is 6.42 Å². The summed E-state index contributed by atoms with van der Waals surface area (Å²) in [5.74, 6) is 1.23. The normalized spacial score (nSPS) is 10.9. The van der Waals surface area contributed by atoms with Gasteiger partial charge in [-0.2, -0.15) is 0 Å². The number of hydrogen-bond acceptors (Lipinski definition) is 1. The van der Waals surface area contributed by atoms with Gasteiger partial charge in [0.15, 0.2) is 0 Å². The van der Waals surface area contributed by atoms with Crippen molar-refractivity contribution in [1.82, 2.24) is 0 Å². The maximum absolute atomic E-state index is 9.31. The van der Waals surface area contributed by atoms with E-state index in [0.29, 0.717) is 5.75 Å². The van der Waals surface area contributed by atoms with E-state index in [2.05, 4.69) is 19.9 Å². The van der Waals surface area contributed by atoms with Crippen LogP contribution in [0.5, 0.6) is 5.75 Å². The van der Waals surface area contributed by atoms with Gasteiger partial charge in [0.05, 0.1) is 0 Å². The maximum Gasteiger partial charge on any atom is 0.115 e. The summed E-state index contributed by atoms with van der Waals surface area (Å²) in [6.07, 6.45) is 7.70. The maximum atomic E-state index is 9.31. The third kappa shape index (κ3) is 5.79. The highest BCUT2D eigenvalue weighted by Crippen LogP contribution is 2.15. The molecule has 0 saturated heterocycles. The summed E-state index contributed by atoms with van der Waals surface area (Å²) in [6.45, 7) is 4.57. The lowest BCUT2D eigenvalue weighted by Crippen LogP contribution is -1.89. The van der Waals surface area contributed by atoms with Gasteiger partial charge in [-0.25, -0.2) is 0 Å². The average molecular weight is 220 g/mol.